The van der Waals surface area contributed by atoms with E-state index in [2.05, 4.69) is 10.0 Å². The fourth-order valence-electron chi connectivity index (χ4n) is 4.26. The normalized spacial score (nSPS) is 15.2. The molecule has 7 heteroatoms. The number of hydrogen-bond acceptors (Lipinski definition) is 3. The Morgan fingerprint density at radius 1 is 1.07 bits per heavy atom. The van der Waals surface area contributed by atoms with Gasteiger partial charge in [0.05, 0.1) is 5.60 Å². The number of anilines is 1. The van der Waals surface area contributed by atoms with Gasteiger partial charge in [0.15, 0.2) is 0 Å². The number of urea groups is 1. The predicted octanol–water partition coefficient (Wildman–Crippen LogP) is 5.51. The van der Waals surface area contributed by atoms with E-state index in [1.165, 1.54) is 0 Å². The molecule has 0 saturated carbocycles. The van der Waals surface area contributed by atoms with Gasteiger partial charge in [0.1, 0.15) is 5.82 Å². The molecule has 0 heterocycles. The number of nitrogens with one attached hydrogen (secondary N) is 2. The molecule has 2 aromatic rings. The third-order valence-corrected chi connectivity index (χ3v) is 6.62. The number of aliphatic hydroxyl groups is 1. The Hall–Kier alpha value is -1.76. The zero-order valence-electron chi connectivity index (χ0n) is 16.5. The van der Waals surface area contributed by atoms with E-state index in [1.807, 2.05) is 0 Å². The zero-order valence-corrected chi connectivity index (χ0v) is 18.1. The molecule has 29 heavy (non-hydrogen) atoms. The highest BCUT2D eigenvalue weighted by Gasteiger charge is 2.29. The van der Waals surface area contributed by atoms with E-state index in [1.54, 1.807) is 32.0 Å². The summed E-state index contributed by atoms with van der Waals surface area (Å²) in [6.07, 6.45) is 4.91. The molecule has 0 fully saturated rings. The topological polar surface area (TPSA) is 61.4 Å². The molecule has 0 radical (unpaired) electrons. The van der Waals surface area contributed by atoms with Gasteiger partial charge in [-0.2, -0.15) is 0 Å². The number of rotatable bonds is 4. The number of benzene rings is 2. The average Bonchev–Trinajstić information content (AvgIpc) is 3.32. The van der Waals surface area contributed by atoms with E-state index in [4.69, 9.17) is 11.6 Å². The van der Waals surface area contributed by atoms with Crippen molar-refractivity contribution < 1.29 is 14.3 Å². The smallest absolute Gasteiger partial charge is 0.329 e. The number of halogens is 2. The molecule has 0 saturated heterocycles. The van der Waals surface area contributed by atoms with Crippen LogP contribution in [0.2, 0.25) is 5.02 Å². The lowest BCUT2D eigenvalue weighted by molar-refractivity contribution is 0.0784. The fraction of sp³-hybridized carbons (Fsp3) is 0.409. The molecular formula is C22H24ClFN2O2S. The van der Waals surface area contributed by atoms with Gasteiger partial charge in [0, 0.05) is 15.6 Å². The van der Waals surface area contributed by atoms with Crippen molar-refractivity contribution in [1.29, 1.82) is 0 Å². The molecule has 2 aliphatic carbocycles. The summed E-state index contributed by atoms with van der Waals surface area (Å²) in [7, 11) is 0. The van der Waals surface area contributed by atoms with Crippen LogP contribution < -0.4 is 10.0 Å². The quantitative estimate of drug-likeness (QED) is 0.556. The highest BCUT2D eigenvalue weighted by atomic mass is 35.5. The van der Waals surface area contributed by atoms with Gasteiger partial charge in [-0.25, -0.2) is 9.18 Å². The van der Waals surface area contributed by atoms with Crippen molar-refractivity contribution in [2.75, 3.05) is 5.32 Å². The number of fused-ring (bicyclic) bond motifs is 2. The molecule has 0 atom stereocenters. The van der Waals surface area contributed by atoms with Crippen molar-refractivity contribution in [1.82, 2.24) is 4.72 Å². The van der Waals surface area contributed by atoms with Crippen molar-refractivity contribution >= 4 is 35.3 Å². The largest absolute Gasteiger partial charge is 0.386 e. The Balaban J connectivity index is 1.52. The molecule has 2 amide bonds. The minimum atomic E-state index is -1.03. The second kappa shape index (κ2) is 7.82. The Morgan fingerprint density at radius 2 is 1.66 bits per heavy atom. The van der Waals surface area contributed by atoms with Crippen molar-refractivity contribution in [3.63, 3.8) is 0 Å². The van der Waals surface area contributed by atoms with Crippen LogP contribution in [-0.2, 0) is 31.3 Å². The van der Waals surface area contributed by atoms with Gasteiger partial charge in [-0.05, 0) is 110 Å². The van der Waals surface area contributed by atoms with Gasteiger partial charge in [-0.1, -0.05) is 11.6 Å². The number of amides is 2. The van der Waals surface area contributed by atoms with E-state index in [9.17, 15) is 14.3 Å². The van der Waals surface area contributed by atoms with E-state index in [0.29, 0.717) is 10.6 Å². The summed E-state index contributed by atoms with van der Waals surface area (Å²) in [6.45, 7) is 3.37. The molecule has 4 nitrogen and oxygen atoms in total. The number of carbonyl (C=O) groups is 1. The van der Waals surface area contributed by atoms with Crippen molar-refractivity contribution in [2.24, 2.45) is 0 Å². The van der Waals surface area contributed by atoms with Gasteiger partial charge in [0.2, 0.25) is 0 Å². The summed E-state index contributed by atoms with van der Waals surface area (Å²) < 4.78 is 17.6. The lowest BCUT2D eigenvalue weighted by Crippen LogP contribution is -2.24. The second-order valence-electron chi connectivity index (χ2n) is 8.20. The third kappa shape index (κ3) is 4.11. The SMILES string of the molecule is CC(C)(O)c1cc(Cl)cc(SNC(=O)Nc2c3c(c(F)c4c2CCC4)CCC3)c1. The summed E-state index contributed by atoms with van der Waals surface area (Å²) >= 11 is 7.29. The molecule has 0 aliphatic heterocycles. The minimum Gasteiger partial charge on any atom is -0.386 e. The first kappa shape index (κ1) is 20.5. The predicted molar refractivity (Wildman–Crippen MR) is 115 cm³/mol. The van der Waals surface area contributed by atoms with Gasteiger partial charge < -0.3 is 10.4 Å². The van der Waals surface area contributed by atoms with Gasteiger partial charge in [-0.3, -0.25) is 4.72 Å². The maximum atomic E-state index is 14.8. The maximum absolute atomic E-state index is 14.8. The van der Waals surface area contributed by atoms with Crippen LogP contribution in [0, 0.1) is 5.82 Å². The van der Waals surface area contributed by atoms with Crippen molar-refractivity contribution in [3.05, 3.63) is 56.9 Å². The molecule has 3 N–H and O–H groups in total. The van der Waals surface area contributed by atoms with Crippen LogP contribution in [0.5, 0.6) is 0 Å². The monoisotopic (exact) mass is 434 g/mol. The molecule has 0 bridgehead atoms. The van der Waals surface area contributed by atoms with E-state index in [0.717, 1.165) is 83.3 Å². The van der Waals surface area contributed by atoms with Gasteiger partial charge in [0.25, 0.3) is 0 Å². The zero-order chi connectivity index (χ0) is 20.8. The van der Waals surface area contributed by atoms with E-state index >= 15 is 0 Å². The first-order valence-corrected chi connectivity index (χ1v) is 11.1. The van der Waals surface area contributed by atoms with Crippen molar-refractivity contribution in [2.45, 2.75) is 62.9 Å². The molecule has 0 spiro atoms. The summed E-state index contributed by atoms with van der Waals surface area (Å²) in [5, 5.41) is 13.7. The molecular weight excluding hydrogens is 411 g/mol. The Kier molecular flexibility index (Phi) is 5.53. The number of carbonyl (C=O) groups excluding carboxylic acids is 1. The summed E-state index contributed by atoms with van der Waals surface area (Å²) in [6, 6.07) is 4.88. The third-order valence-electron chi connectivity index (χ3n) is 5.65. The Bertz CT molecular complexity index is 953. The van der Waals surface area contributed by atoms with Gasteiger partial charge >= 0.3 is 6.03 Å². The van der Waals surface area contributed by atoms with E-state index < -0.39 is 5.60 Å². The second-order valence-corrected chi connectivity index (χ2v) is 9.52. The van der Waals surface area contributed by atoms with Crippen LogP contribution in [0.3, 0.4) is 0 Å². The van der Waals surface area contributed by atoms with Crippen LogP contribution in [0.25, 0.3) is 0 Å². The molecule has 0 aromatic heterocycles. The van der Waals surface area contributed by atoms with Gasteiger partial charge in [-0.15, -0.1) is 0 Å². The van der Waals surface area contributed by atoms with Crippen LogP contribution in [0.4, 0.5) is 14.9 Å². The fourth-order valence-corrected chi connectivity index (χ4v) is 5.19. The maximum Gasteiger partial charge on any atom is 0.329 e. The van der Waals surface area contributed by atoms with Crippen LogP contribution >= 0.6 is 23.5 Å². The molecule has 0 unspecified atom stereocenters. The standard InChI is InChI=1S/C22H24ClFN2O2S/c1-22(2,28)12-9-13(23)11-14(10-12)29-26-21(27)25-20-17-7-3-5-15(17)19(24)16-6-4-8-18(16)20/h9-11,28H,3-8H2,1-2H3,(H2,25,26,27). The summed E-state index contributed by atoms with van der Waals surface area (Å²) in [5.74, 6) is -0.0524. The lowest BCUT2D eigenvalue weighted by Gasteiger charge is -2.19. The Labute approximate surface area is 179 Å². The molecule has 2 aliphatic rings. The highest BCUT2D eigenvalue weighted by molar-refractivity contribution is 7.98. The first-order valence-electron chi connectivity index (χ1n) is 9.86. The molecule has 2 aromatic carbocycles. The highest BCUT2D eigenvalue weighted by Crippen LogP contribution is 2.41. The number of hydrogen-bond donors (Lipinski definition) is 3. The average molecular weight is 435 g/mol. The van der Waals surface area contributed by atoms with Crippen LogP contribution in [0.1, 0.15) is 54.5 Å². The van der Waals surface area contributed by atoms with Crippen molar-refractivity contribution in [3.8, 4) is 0 Å². The van der Waals surface area contributed by atoms with E-state index in [-0.39, 0.29) is 11.8 Å². The molecule has 4 rings (SSSR count). The van der Waals surface area contributed by atoms with Crippen LogP contribution in [-0.4, -0.2) is 11.1 Å². The Morgan fingerprint density at radius 3 is 2.24 bits per heavy atom. The summed E-state index contributed by atoms with van der Waals surface area (Å²) in [4.78, 5) is 13.3. The summed E-state index contributed by atoms with van der Waals surface area (Å²) in [5.41, 5.74) is 3.90. The lowest BCUT2D eigenvalue weighted by atomic mass is 9.98. The van der Waals surface area contributed by atoms with Crippen LogP contribution in [0.15, 0.2) is 23.1 Å². The molecule has 154 valence electrons. The minimum absolute atomic E-state index is 0.0524. The first-order chi connectivity index (χ1) is 13.7.